The molecule has 1 rings (SSSR count). The molecule has 1 saturated heterocycles. The van der Waals surface area contributed by atoms with Crippen LogP contribution in [0.1, 0.15) is 61.8 Å². The highest BCUT2D eigenvalue weighted by Gasteiger charge is 2.38. The predicted octanol–water partition coefficient (Wildman–Crippen LogP) is 3.62. The summed E-state index contributed by atoms with van der Waals surface area (Å²) in [5, 5.41) is 0. The van der Waals surface area contributed by atoms with Crippen LogP contribution in [0.3, 0.4) is 0 Å². The smallest absolute Gasteiger partial charge is 0.0276 e. The van der Waals surface area contributed by atoms with Crippen molar-refractivity contribution in [3.05, 3.63) is 0 Å². The molecule has 0 amide bonds. The van der Waals surface area contributed by atoms with Gasteiger partial charge in [-0.3, -0.25) is 9.80 Å². The van der Waals surface area contributed by atoms with Gasteiger partial charge in [0.05, 0.1) is 0 Å². The van der Waals surface area contributed by atoms with Crippen molar-refractivity contribution in [2.75, 3.05) is 19.6 Å². The van der Waals surface area contributed by atoms with Gasteiger partial charge in [-0.25, -0.2) is 0 Å². The van der Waals surface area contributed by atoms with E-state index in [2.05, 4.69) is 65.2 Å². The molecule has 1 fully saturated rings. The van der Waals surface area contributed by atoms with Crippen LogP contribution in [0.15, 0.2) is 0 Å². The number of rotatable bonds is 1. The zero-order valence-electron chi connectivity index (χ0n) is 13.9. The fraction of sp³-hybridized carbons (Fsp3) is 1.00. The minimum Gasteiger partial charge on any atom is -0.299 e. The summed E-state index contributed by atoms with van der Waals surface area (Å²) >= 11 is 0. The molecule has 2 nitrogen and oxygen atoms in total. The van der Waals surface area contributed by atoms with E-state index >= 15 is 0 Å². The largest absolute Gasteiger partial charge is 0.299 e. The van der Waals surface area contributed by atoms with E-state index < -0.39 is 0 Å². The molecule has 1 aliphatic rings. The van der Waals surface area contributed by atoms with Gasteiger partial charge in [-0.2, -0.15) is 0 Å². The summed E-state index contributed by atoms with van der Waals surface area (Å²) in [4.78, 5) is 5.39. The van der Waals surface area contributed by atoms with E-state index in [0.29, 0.717) is 17.5 Å². The van der Waals surface area contributed by atoms with Crippen LogP contribution in [0.25, 0.3) is 0 Å². The fourth-order valence-corrected chi connectivity index (χ4v) is 3.03. The van der Waals surface area contributed by atoms with Crippen LogP contribution in [-0.4, -0.2) is 47.1 Å². The zero-order valence-corrected chi connectivity index (χ0v) is 13.9. The van der Waals surface area contributed by atoms with Gasteiger partial charge in [0.15, 0.2) is 0 Å². The molecule has 0 aromatic rings. The molecule has 0 aliphatic carbocycles. The van der Waals surface area contributed by atoms with Crippen LogP contribution in [0.4, 0.5) is 0 Å². The molecule has 0 aromatic carbocycles. The minimum atomic E-state index is 0.269. The Labute approximate surface area is 115 Å². The summed E-state index contributed by atoms with van der Waals surface area (Å²) in [7, 11) is 0. The second-order valence-electron chi connectivity index (χ2n) is 8.19. The number of hydrogen-bond donors (Lipinski definition) is 0. The van der Waals surface area contributed by atoms with Gasteiger partial charge in [0.25, 0.3) is 0 Å². The van der Waals surface area contributed by atoms with Crippen molar-refractivity contribution in [3.63, 3.8) is 0 Å². The summed E-state index contributed by atoms with van der Waals surface area (Å²) in [6.45, 7) is 22.6. The van der Waals surface area contributed by atoms with Crippen LogP contribution >= 0.6 is 0 Å². The van der Waals surface area contributed by atoms with E-state index in [0.717, 1.165) is 0 Å². The second kappa shape index (κ2) is 5.50. The first-order valence-electron chi connectivity index (χ1n) is 7.54. The Bertz CT molecular complexity index is 257. The van der Waals surface area contributed by atoms with E-state index in [-0.39, 0.29) is 5.54 Å². The molecule has 0 saturated carbocycles. The van der Waals surface area contributed by atoms with Crippen molar-refractivity contribution in [2.24, 2.45) is 5.41 Å². The second-order valence-corrected chi connectivity index (χ2v) is 8.19. The highest BCUT2D eigenvalue weighted by molar-refractivity contribution is 4.94. The van der Waals surface area contributed by atoms with Gasteiger partial charge in [0.1, 0.15) is 0 Å². The molecule has 0 bridgehead atoms. The highest BCUT2D eigenvalue weighted by atomic mass is 15.3. The first-order valence-corrected chi connectivity index (χ1v) is 7.54. The van der Waals surface area contributed by atoms with Gasteiger partial charge < -0.3 is 0 Å². The average molecular weight is 254 g/mol. The summed E-state index contributed by atoms with van der Waals surface area (Å²) in [6, 6.07) is 1.30. The first-order chi connectivity index (χ1) is 8.03. The van der Waals surface area contributed by atoms with Crippen molar-refractivity contribution in [2.45, 2.75) is 79.4 Å². The Morgan fingerprint density at radius 1 is 0.944 bits per heavy atom. The van der Waals surface area contributed by atoms with Crippen LogP contribution in [-0.2, 0) is 0 Å². The van der Waals surface area contributed by atoms with E-state index in [1.54, 1.807) is 0 Å². The van der Waals surface area contributed by atoms with Gasteiger partial charge >= 0.3 is 0 Å². The van der Waals surface area contributed by atoms with Gasteiger partial charge in [-0.05, 0) is 53.0 Å². The lowest BCUT2D eigenvalue weighted by Gasteiger charge is -2.47. The topological polar surface area (TPSA) is 6.48 Å². The molecule has 1 aliphatic heterocycles. The standard InChI is InChI=1S/C16H34N2/c1-13(2)17-10-9-11-18(16(6,7)8)14(12-17)15(3,4)5/h13-14H,9-12H2,1-8H3/t14-/m0/s1. The molecule has 0 N–H and O–H groups in total. The van der Waals surface area contributed by atoms with Gasteiger partial charge in [0, 0.05) is 30.7 Å². The first kappa shape index (κ1) is 16.0. The van der Waals surface area contributed by atoms with Gasteiger partial charge in [-0.15, -0.1) is 0 Å². The lowest BCUT2D eigenvalue weighted by molar-refractivity contribution is 0.0163. The Kier molecular flexibility index (Phi) is 4.88. The molecule has 0 radical (unpaired) electrons. The SMILES string of the molecule is CC(C)N1CCCN(C(C)(C)C)[C@H](C(C)(C)C)C1. The molecule has 0 spiro atoms. The maximum Gasteiger partial charge on any atom is 0.0276 e. The maximum atomic E-state index is 2.73. The lowest BCUT2D eigenvalue weighted by Crippen LogP contribution is -2.56. The minimum absolute atomic E-state index is 0.269. The monoisotopic (exact) mass is 254 g/mol. The molecule has 0 aromatic heterocycles. The molecule has 1 heterocycles. The normalized spacial score (nSPS) is 25.5. The Morgan fingerprint density at radius 2 is 1.50 bits per heavy atom. The fourth-order valence-electron chi connectivity index (χ4n) is 3.03. The van der Waals surface area contributed by atoms with Crippen LogP contribution < -0.4 is 0 Å². The summed E-state index contributed by atoms with van der Waals surface area (Å²) < 4.78 is 0. The molecule has 18 heavy (non-hydrogen) atoms. The van der Waals surface area contributed by atoms with Crippen molar-refractivity contribution < 1.29 is 0 Å². The summed E-state index contributed by atoms with van der Waals surface area (Å²) in [5.41, 5.74) is 0.607. The van der Waals surface area contributed by atoms with Gasteiger partial charge in [-0.1, -0.05) is 20.8 Å². The van der Waals surface area contributed by atoms with Crippen LogP contribution in [0.5, 0.6) is 0 Å². The summed E-state index contributed by atoms with van der Waals surface area (Å²) in [5.74, 6) is 0. The maximum absolute atomic E-state index is 2.73. The van der Waals surface area contributed by atoms with Crippen LogP contribution in [0.2, 0.25) is 0 Å². The van der Waals surface area contributed by atoms with Crippen LogP contribution in [0, 0.1) is 5.41 Å². The summed E-state index contributed by atoms with van der Waals surface area (Å²) in [6.07, 6.45) is 1.29. The third kappa shape index (κ3) is 3.96. The Balaban J connectivity index is 2.98. The van der Waals surface area contributed by atoms with E-state index in [4.69, 9.17) is 0 Å². The lowest BCUT2D eigenvalue weighted by atomic mass is 9.83. The van der Waals surface area contributed by atoms with Gasteiger partial charge in [0.2, 0.25) is 0 Å². The quantitative estimate of drug-likeness (QED) is 0.705. The Hall–Kier alpha value is -0.0800. The van der Waals surface area contributed by atoms with E-state index in [9.17, 15) is 0 Å². The average Bonchev–Trinajstić information content (AvgIpc) is 2.36. The molecular weight excluding hydrogens is 220 g/mol. The number of nitrogens with zero attached hydrogens (tertiary/aromatic N) is 2. The molecule has 2 heteroatoms. The number of hydrogen-bond acceptors (Lipinski definition) is 2. The van der Waals surface area contributed by atoms with E-state index in [1.807, 2.05) is 0 Å². The molecular formula is C16H34N2. The van der Waals surface area contributed by atoms with E-state index in [1.165, 1.54) is 26.1 Å². The van der Waals surface area contributed by atoms with Crippen molar-refractivity contribution in [3.8, 4) is 0 Å². The Morgan fingerprint density at radius 3 is 1.89 bits per heavy atom. The third-order valence-electron chi connectivity index (χ3n) is 4.22. The van der Waals surface area contributed by atoms with Crippen molar-refractivity contribution in [1.29, 1.82) is 0 Å². The molecule has 1 atom stereocenters. The molecule has 108 valence electrons. The third-order valence-corrected chi connectivity index (χ3v) is 4.22. The van der Waals surface area contributed by atoms with Crippen molar-refractivity contribution >= 4 is 0 Å². The zero-order chi connectivity index (χ0) is 14.1. The molecule has 0 unspecified atom stereocenters. The predicted molar refractivity (Wildman–Crippen MR) is 81.0 cm³/mol. The highest BCUT2D eigenvalue weighted by Crippen LogP contribution is 2.32. The van der Waals surface area contributed by atoms with Crippen molar-refractivity contribution in [1.82, 2.24) is 9.80 Å².